The number of hydrogen-bond donors (Lipinski definition) is 0. The second-order valence-corrected chi connectivity index (χ2v) is 12.5. The molecule has 190 valence electrons. The lowest BCUT2D eigenvalue weighted by molar-refractivity contribution is 0.138. The predicted octanol–water partition coefficient (Wildman–Crippen LogP) is 4.24. The zero-order valence-corrected chi connectivity index (χ0v) is 22.8. The van der Waals surface area contributed by atoms with E-state index in [1.807, 2.05) is 41.3 Å². The number of hydrogen-bond acceptors (Lipinski definition) is 4. The van der Waals surface area contributed by atoms with Gasteiger partial charge < -0.3 is 9.80 Å². The lowest BCUT2D eigenvalue weighted by Gasteiger charge is -2.35. The summed E-state index contributed by atoms with van der Waals surface area (Å²) in [6.45, 7) is 3.20. The van der Waals surface area contributed by atoms with Gasteiger partial charge in [0.15, 0.2) is 0 Å². The molecule has 0 aliphatic carbocycles. The average Bonchev–Trinajstić information content (AvgIpc) is 3.27. The van der Waals surface area contributed by atoms with Crippen molar-refractivity contribution in [2.75, 3.05) is 52.6 Å². The molecule has 1 unspecified atom stereocenters. The molecule has 35 heavy (non-hydrogen) atoms. The number of nitrogens with zero attached hydrogens (tertiary/aromatic N) is 4. The zero-order valence-electron chi connectivity index (χ0n) is 19.7. The fourth-order valence-corrected chi connectivity index (χ4v) is 6.15. The summed E-state index contributed by atoms with van der Waals surface area (Å²) in [5, 5.41) is 1.71. The molecular formula is C24H29Cl3N4O3S. The van der Waals surface area contributed by atoms with Gasteiger partial charge in [-0.3, -0.25) is 4.90 Å². The van der Waals surface area contributed by atoms with Crippen LogP contribution in [-0.4, -0.2) is 92.1 Å². The van der Waals surface area contributed by atoms with Crippen LogP contribution in [0.4, 0.5) is 4.79 Å². The van der Waals surface area contributed by atoms with Gasteiger partial charge in [-0.25, -0.2) is 13.2 Å². The number of sulfonamides is 1. The molecule has 2 aliphatic heterocycles. The number of piperazine rings is 1. The van der Waals surface area contributed by atoms with E-state index in [1.165, 1.54) is 10.6 Å². The molecule has 2 saturated heterocycles. The minimum Gasteiger partial charge on any atom is -0.322 e. The third-order valence-corrected chi connectivity index (χ3v) is 9.11. The molecule has 0 radical (unpaired) electrons. The third kappa shape index (κ3) is 6.24. The number of benzene rings is 2. The minimum atomic E-state index is -3.25. The van der Waals surface area contributed by atoms with Crippen LogP contribution in [0.2, 0.25) is 15.1 Å². The van der Waals surface area contributed by atoms with E-state index in [4.69, 9.17) is 34.8 Å². The highest BCUT2D eigenvalue weighted by Crippen LogP contribution is 2.33. The summed E-state index contributed by atoms with van der Waals surface area (Å²) in [6.07, 6.45) is 1.20. The Kier molecular flexibility index (Phi) is 8.20. The fourth-order valence-electron chi connectivity index (χ4n) is 4.88. The van der Waals surface area contributed by atoms with E-state index in [-0.39, 0.29) is 18.0 Å². The van der Waals surface area contributed by atoms with E-state index >= 15 is 0 Å². The lowest BCUT2D eigenvalue weighted by Crippen LogP contribution is -2.53. The Bertz CT molecular complexity index is 1170. The number of carbonyl (C=O) groups is 1. The maximum atomic E-state index is 13.4. The van der Waals surface area contributed by atoms with Crippen LogP contribution < -0.4 is 0 Å². The molecule has 2 aliphatic rings. The van der Waals surface area contributed by atoms with Crippen molar-refractivity contribution in [3.8, 4) is 0 Å². The van der Waals surface area contributed by atoms with E-state index in [0.29, 0.717) is 60.9 Å². The van der Waals surface area contributed by atoms with E-state index in [1.54, 1.807) is 11.0 Å². The smallest absolute Gasteiger partial charge is 0.320 e. The van der Waals surface area contributed by atoms with Crippen molar-refractivity contribution in [2.45, 2.75) is 18.5 Å². The van der Waals surface area contributed by atoms with Crippen molar-refractivity contribution in [1.82, 2.24) is 19.0 Å². The third-order valence-electron chi connectivity index (χ3n) is 6.82. The Labute approximate surface area is 222 Å². The Balaban J connectivity index is 1.51. The van der Waals surface area contributed by atoms with Crippen LogP contribution >= 0.6 is 34.8 Å². The topological polar surface area (TPSA) is 64.2 Å². The Morgan fingerprint density at radius 1 is 0.943 bits per heavy atom. The molecule has 0 saturated carbocycles. The standard InChI is InChI=1S/C24H29Cl3N4O3S/c1-28(14-17-3-8-21(26)22(27)13-17)23-16-30(15-20(23)18-4-6-19(25)7-5-18)24(32)29-9-11-31(12-10-29)35(2,33)34/h3-8,13,20,23H,9-12,14-16H2,1-2H3/t20-,23?/m1/s1. The van der Waals surface area contributed by atoms with Gasteiger partial charge in [-0.05, 0) is 42.4 Å². The van der Waals surface area contributed by atoms with Crippen LogP contribution in [-0.2, 0) is 16.6 Å². The van der Waals surface area contributed by atoms with Crippen LogP contribution in [0.25, 0.3) is 0 Å². The molecule has 0 aromatic heterocycles. The monoisotopic (exact) mass is 558 g/mol. The molecule has 0 spiro atoms. The van der Waals surface area contributed by atoms with E-state index < -0.39 is 10.0 Å². The van der Waals surface area contributed by atoms with Gasteiger partial charge in [0, 0.05) is 62.8 Å². The van der Waals surface area contributed by atoms with Gasteiger partial charge in [0.05, 0.1) is 16.3 Å². The molecular weight excluding hydrogens is 531 g/mol. The highest BCUT2D eigenvalue weighted by molar-refractivity contribution is 7.88. The van der Waals surface area contributed by atoms with Crippen molar-refractivity contribution >= 4 is 50.9 Å². The van der Waals surface area contributed by atoms with Gasteiger partial charge in [-0.2, -0.15) is 4.31 Å². The van der Waals surface area contributed by atoms with Crippen molar-refractivity contribution in [1.29, 1.82) is 0 Å². The second kappa shape index (κ2) is 10.8. The summed E-state index contributed by atoms with van der Waals surface area (Å²) >= 11 is 18.4. The molecule has 7 nitrogen and oxygen atoms in total. The van der Waals surface area contributed by atoms with Gasteiger partial charge in [0.2, 0.25) is 10.0 Å². The number of carbonyl (C=O) groups excluding carboxylic acids is 1. The Morgan fingerprint density at radius 2 is 1.60 bits per heavy atom. The first-order valence-electron chi connectivity index (χ1n) is 11.4. The van der Waals surface area contributed by atoms with Gasteiger partial charge in [0.1, 0.15) is 0 Å². The maximum absolute atomic E-state index is 13.4. The van der Waals surface area contributed by atoms with Gasteiger partial charge in [0.25, 0.3) is 0 Å². The first kappa shape index (κ1) is 26.5. The molecule has 11 heteroatoms. The molecule has 4 rings (SSSR count). The maximum Gasteiger partial charge on any atom is 0.320 e. The summed E-state index contributed by atoms with van der Waals surface area (Å²) in [5.41, 5.74) is 2.16. The number of urea groups is 1. The molecule has 2 heterocycles. The van der Waals surface area contributed by atoms with Gasteiger partial charge in [-0.15, -0.1) is 0 Å². The Hall–Kier alpha value is -1.55. The van der Waals surface area contributed by atoms with Crippen molar-refractivity contribution < 1.29 is 13.2 Å². The van der Waals surface area contributed by atoms with Crippen LogP contribution in [0.3, 0.4) is 0 Å². The average molecular weight is 560 g/mol. The number of rotatable bonds is 5. The first-order valence-corrected chi connectivity index (χ1v) is 14.4. The molecule has 2 fully saturated rings. The van der Waals surface area contributed by atoms with E-state index in [0.717, 1.165) is 11.1 Å². The fraction of sp³-hybridized carbons (Fsp3) is 0.458. The van der Waals surface area contributed by atoms with Crippen LogP contribution in [0.1, 0.15) is 17.0 Å². The van der Waals surface area contributed by atoms with Crippen molar-refractivity contribution in [2.24, 2.45) is 0 Å². The first-order chi connectivity index (χ1) is 16.5. The largest absolute Gasteiger partial charge is 0.322 e. The molecule has 2 atom stereocenters. The molecule has 2 aromatic rings. The van der Waals surface area contributed by atoms with E-state index in [9.17, 15) is 13.2 Å². The molecule has 2 aromatic carbocycles. The molecule has 0 bridgehead atoms. The SMILES string of the molecule is CN(Cc1ccc(Cl)c(Cl)c1)C1CN(C(=O)N2CCN(S(C)(=O)=O)CC2)C[C@@H]1c1ccc(Cl)cc1. The lowest BCUT2D eigenvalue weighted by atomic mass is 9.93. The quantitative estimate of drug-likeness (QED) is 0.550. The second-order valence-electron chi connectivity index (χ2n) is 9.23. The van der Waals surface area contributed by atoms with Crippen LogP contribution in [0, 0.1) is 0 Å². The van der Waals surface area contributed by atoms with Crippen LogP contribution in [0.15, 0.2) is 42.5 Å². The van der Waals surface area contributed by atoms with Crippen molar-refractivity contribution in [3.05, 3.63) is 68.7 Å². The number of halogens is 3. The molecule has 0 N–H and O–H groups in total. The van der Waals surface area contributed by atoms with Gasteiger partial charge >= 0.3 is 6.03 Å². The summed E-state index contributed by atoms with van der Waals surface area (Å²) < 4.78 is 25.1. The summed E-state index contributed by atoms with van der Waals surface area (Å²) in [5.74, 6) is 0.0984. The minimum absolute atomic E-state index is 0.0532. The number of amides is 2. The van der Waals surface area contributed by atoms with Crippen LogP contribution in [0.5, 0.6) is 0 Å². The number of likely N-dealkylation sites (N-methyl/N-ethyl adjacent to an activating group) is 1. The van der Waals surface area contributed by atoms with E-state index in [2.05, 4.69) is 11.9 Å². The predicted molar refractivity (Wildman–Crippen MR) is 141 cm³/mol. The summed E-state index contributed by atoms with van der Waals surface area (Å²) in [4.78, 5) is 19.3. The zero-order chi connectivity index (χ0) is 25.3. The molecule has 2 amide bonds. The van der Waals surface area contributed by atoms with Crippen molar-refractivity contribution in [3.63, 3.8) is 0 Å². The summed E-state index contributed by atoms with van der Waals surface area (Å²) in [6, 6.07) is 13.4. The number of likely N-dealkylation sites (tertiary alicyclic amines) is 1. The Morgan fingerprint density at radius 3 is 2.20 bits per heavy atom. The highest BCUT2D eigenvalue weighted by atomic mass is 35.5. The highest BCUT2D eigenvalue weighted by Gasteiger charge is 2.40. The summed E-state index contributed by atoms with van der Waals surface area (Å²) in [7, 11) is -1.20. The van der Waals surface area contributed by atoms with Gasteiger partial charge in [-0.1, -0.05) is 53.0 Å². The normalized spacial score (nSPS) is 21.7.